The van der Waals surface area contributed by atoms with Crippen LogP contribution in [0.3, 0.4) is 0 Å². The molecule has 0 fully saturated rings. The van der Waals surface area contributed by atoms with Crippen molar-refractivity contribution in [3.05, 3.63) is 58.1 Å². The summed E-state index contributed by atoms with van der Waals surface area (Å²) in [6.07, 6.45) is 1.34. The number of sulfone groups is 1. The summed E-state index contributed by atoms with van der Waals surface area (Å²) in [5.41, 5.74) is 1.12. The summed E-state index contributed by atoms with van der Waals surface area (Å²) < 4.78 is 39.9. The SMILES string of the molecule is CCS(=O)(=O)c1nnc(NC(=O)/C(C#N)=C\c2ccc(OCc3ccc4c(c3)OCO4)c(Cl)c2)s1. The van der Waals surface area contributed by atoms with Gasteiger partial charge in [-0.3, -0.25) is 10.1 Å². The number of halogens is 1. The van der Waals surface area contributed by atoms with Crippen molar-refractivity contribution in [3.8, 4) is 23.3 Å². The Hall–Kier alpha value is -3.66. The number of nitriles is 1. The molecule has 0 bridgehead atoms. The first-order valence-corrected chi connectivity index (χ1v) is 12.9. The van der Waals surface area contributed by atoms with Crippen LogP contribution in [0.5, 0.6) is 17.2 Å². The van der Waals surface area contributed by atoms with Crippen LogP contribution in [0.2, 0.25) is 5.02 Å². The van der Waals surface area contributed by atoms with E-state index in [0.29, 0.717) is 34.1 Å². The number of hydrogen-bond donors (Lipinski definition) is 1. The maximum absolute atomic E-state index is 12.5. The number of carbonyl (C=O) groups excluding carboxylic acids is 1. The molecule has 0 aliphatic carbocycles. The highest BCUT2D eigenvalue weighted by molar-refractivity contribution is 7.93. The molecule has 3 aromatic rings. The summed E-state index contributed by atoms with van der Waals surface area (Å²) in [5, 5.41) is 19.3. The minimum atomic E-state index is -3.55. The second-order valence-corrected chi connectivity index (χ2v) is 10.9. The Morgan fingerprint density at radius 1 is 1.26 bits per heavy atom. The molecule has 1 N–H and O–H groups in total. The smallest absolute Gasteiger partial charge is 0.268 e. The van der Waals surface area contributed by atoms with Crippen LogP contribution in [0.15, 0.2) is 46.3 Å². The van der Waals surface area contributed by atoms with Gasteiger partial charge in [0, 0.05) is 0 Å². The molecule has 0 spiro atoms. The van der Waals surface area contributed by atoms with Gasteiger partial charge < -0.3 is 14.2 Å². The van der Waals surface area contributed by atoms with Crippen molar-refractivity contribution in [1.82, 2.24) is 10.2 Å². The third-order valence-corrected chi connectivity index (χ3v) is 8.05. The Morgan fingerprint density at radius 2 is 2.06 bits per heavy atom. The van der Waals surface area contributed by atoms with E-state index in [1.54, 1.807) is 24.3 Å². The van der Waals surface area contributed by atoms with E-state index in [2.05, 4.69) is 15.5 Å². The van der Waals surface area contributed by atoms with Crippen LogP contribution in [0.25, 0.3) is 6.08 Å². The predicted octanol–water partition coefficient (Wildman–Crippen LogP) is 3.84. The molecule has 1 aliphatic heterocycles. The van der Waals surface area contributed by atoms with Gasteiger partial charge in [-0.15, -0.1) is 10.2 Å². The van der Waals surface area contributed by atoms with Gasteiger partial charge in [0.1, 0.15) is 24.0 Å². The molecule has 10 nitrogen and oxygen atoms in total. The average Bonchev–Trinajstić information content (AvgIpc) is 3.51. The zero-order chi connectivity index (χ0) is 25.0. The summed E-state index contributed by atoms with van der Waals surface area (Å²) in [6, 6.07) is 12.1. The molecule has 180 valence electrons. The van der Waals surface area contributed by atoms with Crippen LogP contribution in [-0.2, 0) is 21.2 Å². The monoisotopic (exact) mass is 532 g/mol. The van der Waals surface area contributed by atoms with Gasteiger partial charge in [0.2, 0.25) is 26.1 Å². The Bertz CT molecular complexity index is 1460. The molecular weight excluding hydrogens is 516 g/mol. The zero-order valence-corrected chi connectivity index (χ0v) is 20.5. The molecule has 0 saturated carbocycles. The largest absolute Gasteiger partial charge is 0.487 e. The predicted molar refractivity (Wildman–Crippen MR) is 128 cm³/mol. The number of carbonyl (C=O) groups is 1. The van der Waals surface area contributed by atoms with E-state index in [-0.39, 0.29) is 39.2 Å². The molecule has 13 heteroatoms. The van der Waals surface area contributed by atoms with Crippen LogP contribution in [0.4, 0.5) is 5.13 Å². The lowest BCUT2D eigenvalue weighted by molar-refractivity contribution is -0.112. The third-order valence-electron chi connectivity index (χ3n) is 4.74. The van der Waals surface area contributed by atoms with Crippen LogP contribution in [0, 0.1) is 11.3 Å². The number of nitrogens with zero attached hydrogens (tertiary/aromatic N) is 3. The van der Waals surface area contributed by atoms with Gasteiger partial charge in [-0.25, -0.2) is 8.42 Å². The number of nitrogens with one attached hydrogen (secondary N) is 1. The van der Waals surface area contributed by atoms with E-state index < -0.39 is 15.7 Å². The van der Waals surface area contributed by atoms with Crippen molar-refractivity contribution >= 4 is 49.9 Å². The molecule has 4 rings (SSSR count). The lowest BCUT2D eigenvalue weighted by Gasteiger charge is -2.09. The van der Waals surface area contributed by atoms with Crippen molar-refractivity contribution in [2.75, 3.05) is 17.9 Å². The summed E-state index contributed by atoms with van der Waals surface area (Å²) in [5.74, 6) is 0.844. The van der Waals surface area contributed by atoms with E-state index >= 15 is 0 Å². The fraction of sp³-hybridized carbons (Fsp3) is 0.182. The molecule has 0 saturated heterocycles. The molecular formula is C22H17ClN4O6S2. The van der Waals surface area contributed by atoms with Crippen molar-refractivity contribution in [1.29, 1.82) is 5.26 Å². The first-order chi connectivity index (χ1) is 16.8. The topological polar surface area (TPSA) is 140 Å². The van der Waals surface area contributed by atoms with Crippen LogP contribution in [0.1, 0.15) is 18.1 Å². The van der Waals surface area contributed by atoms with Crippen LogP contribution >= 0.6 is 22.9 Å². The number of benzene rings is 2. The molecule has 2 aromatic carbocycles. The van der Waals surface area contributed by atoms with E-state index in [9.17, 15) is 18.5 Å². The minimum absolute atomic E-state index is 0.0338. The maximum atomic E-state index is 12.5. The van der Waals surface area contributed by atoms with Gasteiger partial charge in [0.15, 0.2) is 11.5 Å². The Kier molecular flexibility index (Phi) is 7.20. The van der Waals surface area contributed by atoms with Gasteiger partial charge in [0.25, 0.3) is 5.91 Å². The minimum Gasteiger partial charge on any atom is -0.487 e. The van der Waals surface area contributed by atoms with E-state index in [0.717, 1.165) is 5.56 Å². The van der Waals surface area contributed by atoms with E-state index in [1.165, 1.54) is 13.0 Å². The Labute approximate surface area is 209 Å². The van der Waals surface area contributed by atoms with Gasteiger partial charge in [-0.2, -0.15) is 5.26 Å². The molecule has 35 heavy (non-hydrogen) atoms. The lowest BCUT2D eigenvalue weighted by atomic mass is 10.1. The number of hydrogen-bond acceptors (Lipinski definition) is 10. The molecule has 1 aliphatic rings. The average molecular weight is 533 g/mol. The Morgan fingerprint density at radius 3 is 2.80 bits per heavy atom. The molecule has 0 unspecified atom stereocenters. The highest BCUT2D eigenvalue weighted by Crippen LogP contribution is 2.33. The third kappa shape index (κ3) is 5.71. The van der Waals surface area contributed by atoms with Crippen LogP contribution < -0.4 is 19.5 Å². The summed E-state index contributed by atoms with van der Waals surface area (Å²) >= 11 is 7.04. The molecule has 1 amide bonds. The maximum Gasteiger partial charge on any atom is 0.268 e. The zero-order valence-electron chi connectivity index (χ0n) is 18.1. The number of ether oxygens (including phenoxy) is 3. The second kappa shape index (κ2) is 10.3. The molecule has 2 heterocycles. The van der Waals surface area contributed by atoms with Gasteiger partial charge in [-0.05, 0) is 41.5 Å². The standard InChI is InChI=1S/C22H17ClN4O6S2/c1-2-35(29,30)22-27-26-21(34-22)25-20(28)15(10-24)7-13-3-5-17(16(23)8-13)31-11-14-4-6-18-19(9-14)33-12-32-18/h3-9H,2,11-12H2,1H3,(H,25,26,28)/b15-7-. The lowest BCUT2D eigenvalue weighted by Crippen LogP contribution is -2.13. The van der Waals surface area contributed by atoms with Crippen LogP contribution in [-0.4, -0.2) is 37.1 Å². The fourth-order valence-corrected chi connectivity index (χ4v) is 5.13. The first kappa shape index (κ1) is 24.5. The summed E-state index contributed by atoms with van der Waals surface area (Å²) in [6.45, 7) is 1.91. The Balaban J connectivity index is 1.42. The van der Waals surface area contributed by atoms with Crippen molar-refractivity contribution in [2.45, 2.75) is 17.9 Å². The van der Waals surface area contributed by atoms with E-state index in [4.69, 9.17) is 25.8 Å². The summed E-state index contributed by atoms with van der Waals surface area (Å²) in [7, 11) is -3.55. The molecule has 0 radical (unpaired) electrons. The van der Waals surface area contributed by atoms with Gasteiger partial charge >= 0.3 is 0 Å². The van der Waals surface area contributed by atoms with Crippen molar-refractivity contribution in [3.63, 3.8) is 0 Å². The van der Waals surface area contributed by atoms with Gasteiger partial charge in [-0.1, -0.05) is 42.0 Å². The quantitative estimate of drug-likeness (QED) is 0.260. The number of fused-ring (bicyclic) bond motifs is 1. The molecule has 0 atom stereocenters. The van der Waals surface area contributed by atoms with Gasteiger partial charge in [0.05, 0.1) is 10.8 Å². The highest BCUT2D eigenvalue weighted by atomic mass is 35.5. The van der Waals surface area contributed by atoms with Crippen molar-refractivity contribution < 1.29 is 27.4 Å². The number of rotatable bonds is 8. The summed E-state index contributed by atoms with van der Waals surface area (Å²) in [4.78, 5) is 12.5. The molecule has 1 aromatic heterocycles. The number of amides is 1. The highest BCUT2D eigenvalue weighted by Gasteiger charge is 2.20. The normalized spacial score (nSPS) is 12.8. The first-order valence-electron chi connectivity index (χ1n) is 10.1. The number of anilines is 1. The second-order valence-electron chi connectivity index (χ2n) is 7.07. The van der Waals surface area contributed by atoms with E-state index in [1.807, 2.05) is 18.2 Å². The fourth-order valence-electron chi connectivity index (χ4n) is 2.90. The van der Waals surface area contributed by atoms with Crippen molar-refractivity contribution in [2.24, 2.45) is 0 Å². The number of aromatic nitrogens is 2.